The molecule has 4 rings (SSSR count). The molecule has 0 saturated carbocycles. The third kappa shape index (κ3) is 5.13. The number of anilines is 3. The molecule has 1 aromatic carbocycles. The van der Waals surface area contributed by atoms with Crippen LogP contribution in [-0.2, 0) is 0 Å². The Hall–Kier alpha value is -2.90. The molecule has 154 valence electrons. The van der Waals surface area contributed by atoms with E-state index in [9.17, 15) is 0 Å². The molecule has 1 aromatic heterocycles. The number of rotatable bonds is 6. The summed E-state index contributed by atoms with van der Waals surface area (Å²) in [6.45, 7) is 3.99. The molecule has 3 heterocycles. The van der Waals surface area contributed by atoms with Crippen molar-refractivity contribution in [2.45, 2.75) is 38.5 Å². The average Bonchev–Trinajstić information content (AvgIpc) is 2.80. The Morgan fingerprint density at radius 1 is 0.828 bits per heavy atom. The molecular formula is C21H29N7O. The largest absolute Gasteiger partial charge is 0.497 e. The lowest BCUT2D eigenvalue weighted by atomic mass is 10.1. The van der Waals surface area contributed by atoms with Gasteiger partial charge in [0.25, 0.3) is 0 Å². The summed E-state index contributed by atoms with van der Waals surface area (Å²) in [5.41, 5.74) is 3.98. The number of methoxy groups -OCH3 is 1. The highest BCUT2D eigenvalue weighted by Crippen LogP contribution is 2.22. The van der Waals surface area contributed by atoms with Crippen LogP contribution in [0.15, 0.2) is 29.4 Å². The van der Waals surface area contributed by atoms with E-state index in [2.05, 4.69) is 30.3 Å². The van der Waals surface area contributed by atoms with Gasteiger partial charge in [-0.25, -0.2) is 5.43 Å². The molecule has 2 aliphatic heterocycles. The van der Waals surface area contributed by atoms with Crippen molar-refractivity contribution >= 4 is 24.1 Å². The summed E-state index contributed by atoms with van der Waals surface area (Å²) < 4.78 is 5.19. The molecule has 2 aromatic rings. The molecular weight excluding hydrogens is 366 g/mol. The van der Waals surface area contributed by atoms with Crippen molar-refractivity contribution in [2.24, 2.45) is 5.10 Å². The zero-order valence-electron chi connectivity index (χ0n) is 17.0. The van der Waals surface area contributed by atoms with Crippen LogP contribution >= 0.6 is 0 Å². The molecule has 0 aliphatic carbocycles. The van der Waals surface area contributed by atoms with E-state index >= 15 is 0 Å². The fourth-order valence-corrected chi connectivity index (χ4v) is 3.73. The number of piperidine rings is 2. The van der Waals surface area contributed by atoms with Gasteiger partial charge in [-0.3, -0.25) is 0 Å². The van der Waals surface area contributed by atoms with Crippen molar-refractivity contribution in [3.8, 4) is 5.75 Å². The summed E-state index contributed by atoms with van der Waals surface area (Å²) in [5, 5.41) is 4.33. The molecule has 0 unspecified atom stereocenters. The van der Waals surface area contributed by atoms with Crippen LogP contribution in [0.5, 0.6) is 5.75 Å². The second-order valence-electron chi connectivity index (χ2n) is 7.50. The van der Waals surface area contributed by atoms with Crippen LogP contribution in [0.25, 0.3) is 0 Å². The van der Waals surface area contributed by atoms with Gasteiger partial charge in [-0.15, -0.1) is 0 Å². The van der Waals surface area contributed by atoms with E-state index in [4.69, 9.17) is 9.72 Å². The van der Waals surface area contributed by atoms with Crippen LogP contribution in [0, 0.1) is 0 Å². The minimum absolute atomic E-state index is 0.492. The summed E-state index contributed by atoms with van der Waals surface area (Å²) >= 11 is 0. The maximum absolute atomic E-state index is 5.19. The number of benzene rings is 1. The standard InChI is InChI=1S/C21H29N7O/c1-29-18-10-8-17(9-11-18)16-22-26-19-23-20(27-12-4-2-5-13-27)25-21(24-19)28-14-6-3-7-15-28/h8-11,16H,2-7,12-15H2,1H3,(H,23,24,25,26). The van der Waals surface area contributed by atoms with E-state index in [1.54, 1.807) is 13.3 Å². The Kier molecular flexibility index (Phi) is 6.38. The van der Waals surface area contributed by atoms with Crippen molar-refractivity contribution in [1.82, 2.24) is 15.0 Å². The second kappa shape index (κ2) is 9.54. The second-order valence-corrected chi connectivity index (χ2v) is 7.50. The lowest BCUT2D eigenvalue weighted by molar-refractivity contribution is 0.415. The fraction of sp³-hybridized carbons (Fsp3) is 0.524. The van der Waals surface area contributed by atoms with Crippen molar-refractivity contribution in [1.29, 1.82) is 0 Å². The van der Waals surface area contributed by atoms with Crippen LogP contribution in [0.4, 0.5) is 17.8 Å². The summed E-state index contributed by atoms with van der Waals surface area (Å²) in [6.07, 6.45) is 9.04. The van der Waals surface area contributed by atoms with E-state index in [1.165, 1.54) is 38.5 Å². The predicted octanol–water partition coefficient (Wildman–Crippen LogP) is 3.31. The quantitative estimate of drug-likeness (QED) is 0.594. The molecule has 2 saturated heterocycles. The van der Waals surface area contributed by atoms with Crippen LogP contribution in [-0.4, -0.2) is 54.5 Å². The minimum Gasteiger partial charge on any atom is -0.497 e. The van der Waals surface area contributed by atoms with E-state index in [-0.39, 0.29) is 0 Å². The lowest BCUT2D eigenvalue weighted by Gasteiger charge is -2.30. The Morgan fingerprint density at radius 2 is 1.38 bits per heavy atom. The molecule has 29 heavy (non-hydrogen) atoms. The number of nitrogens with zero attached hydrogens (tertiary/aromatic N) is 6. The van der Waals surface area contributed by atoms with Crippen molar-refractivity contribution < 1.29 is 4.74 Å². The van der Waals surface area contributed by atoms with Gasteiger partial charge in [-0.2, -0.15) is 20.1 Å². The molecule has 2 fully saturated rings. The highest BCUT2D eigenvalue weighted by Gasteiger charge is 2.20. The van der Waals surface area contributed by atoms with Crippen molar-refractivity contribution in [3.63, 3.8) is 0 Å². The maximum atomic E-state index is 5.19. The summed E-state index contributed by atoms with van der Waals surface area (Å²) in [7, 11) is 1.66. The van der Waals surface area contributed by atoms with Crippen molar-refractivity contribution in [2.75, 3.05) is 48.5 Å². The highest BCUT2D eigenvalue weighted by molar-refractivity contribution is 5.80. The van der Waals surface area contributed by atoms with Crippen LogP contribution in [0.1, 0.15) is 44.1 Å². The van der Waals surface area contributed by atoms with Gasteiger partial charge < -0.3 is 14.5 Å². The molecule has 0 atom stereocenters. The Bertz CT molecular complexity index is 776. The van der Waals surface area contributed by atoms with E-state index in [0.29, 0.717) is 5.95 Å². The molecule has 8 nitrogen and oxygen atoms in total. The van der Waals surface area contributed by atoms with Gasteiger partial charge in [-0.1, -0.05) is 0 Å². The Labute approximate surface area is 172 Å². The third-order valence-corrected chi connectivity index (χ3v) is 5.38. The molecule has 0 radical (unpaired) electrons. The molecule has 2 aliphatic rings. The Morgan fingerprint density at radius 3 is 1.90 bits per heavy atom. The van der Waals surface area contributed by atoms with Crippen molar-refractivity contribution in [3.05, 3.63) is 29.8 Å². The van der Waals surface area contributed by atoms with E-state index in [1.807, 2.05) is 24.3 Å². The fourth-order valence-electron chi connectivity index (χ4n) is 3.73. The van der Waals surface area contributed by atoms with E-state index in [0.717, 1.165) is 49.4 Å². The predicted molar refractivity (Wildman–Crippen MR) is 116 cm³/mol. The van der Waals surface area contributed by atoms with Crippen LogP contribution < -0.4 is 20.0 Å². The summed E-state index contributed by atoms with van der Waals surface area (Å²) in [6, 6.07) is 7.73. The Balaban J connectivity index is 1.52. The lowest BCUT2D eigenvalue weighted by Crippen LogP contribution is -2.34. The zero-order chi connectivity index (χ0) is 19.9. The SMILES string of the molecule is COc1ccc(C=NNc2nc(N3CCCCC3)nc(N3CCCCC3)n2)cc1. The molecule has 0 bridgehead atoms. The van der Waals surface area contributed by atoms with Gasteiger partial charge in [0.05, 0.1) is 13.3 Å². The van der Waals surface area contributed by atoms with Crippen LogP contribution in [0.2, 0.25) is 0 Å². The van der Waals surface area contributed by atoms with Gasteiger partial charge >= 0.3 is 0 Å². The normalized spacial score (nSPS) is 17.6. The number of hydrazone groups is 1. The molecule has 1 N–H and O–H groups in total. The summed E-state index contributed by atoms with van der Waals surface area (Å²) in [5.74, 6) is 2.82. The smallest absolute Gasteiger partial charge is 0.250 e. The first-order chi connectivity index (χ1) is 14.3. The minimum atomic E-state index is 0.492. The first-order valence-electron chi connectivity index (χ1n) is 10.5. The number of aromatic nitrogens is 3. The highest BCUT2D eigenvalue weighted by atomic mass is 16.5. The molecule has 0 amide bonds. The maximum Gasteiger partial charge on any atom is 0.250 e. The first kappa shape index (κ1) is 19.4. The monoisotopic (exact) mass is 395 g/mol. The third-order valence-electron chi connectivity index (χ3n) is 5.38. The van der Waals surface area contributed by atoms with Gasteiger partial charge in [-0.05, 0) is 68.4 Å². The summed E-state index contributed by atoms with van der Waals surface area (Å²) in [4.78, 5) is 18.6. The molecule has 8 heteroatoms. The number of hydrogen-bond acceptors (Lipinski definition) is 8. The van der Waals surface area contributed by atoms with Crippen LogP contribution in [0.3, 0.4) is 0 Å². The number of nitrogens with one attached hydrogen (secondary N) is 1. The first-order valence-corrected chi connectivity index (χ1v) is 10.5. The zero-order valence-corrected chi connectivity index (χ0v) is 17.0. The molecule has 0 spiro atoms. The van der Waals surface area contributed by atoms with Gasteiger partial charge in [0.2, 0.25) is 17.8 Å². The number of hydrogen-bond donors (Lipinski definition) is 1. The van der Waals surface area contributed by atoms with Gasteiger partial charge in [0.1, 0.15) is 5.75 Å². The average molecular weight is 396 g/mol. The van der Waals surface area contributed by atoms with Gasteiger partial charge in [0.15, 0.2) is 0 Å². The van der Waals surface area contributed by atoms with E-state index < -0.39 is 0 Å². The topological polar surface area (TPSA) is 78.8 Å². The number of ether oxygens (including phenoxy) is 1. The van der Waals surface area contributed by atoms with Gasteiger partial charge in [0, 0.05) is 26.2 Å².